The fourth-order valence-electron chi connectivity index (χ4n) is 1.01. The van der Waals surface area contributed by atoms with Crippen LogP contribution in [0.3, 0.4) is 0 Å². The van der Waals surface area contributed by atoms with Crippen molar-refractivity contribution in [3.05, 3.63) is 39.8 Å². The van der Waals surface area contributed by atoms with Crippen molar-refractivity contribution < 1.29 is 4.39 Å². The van der Waals surface area contributed by atoms with Crippen LogP contribution in [0.15, 0.2) is 33.9 Å². The van der Waals surface area contributed by atoms with Crippen molar-refractivity contribution in [3.63, 3.8) is 0 Å². The molecule has 1 N–H and O–H groups in total. The van der Waals surface area contributed by atoms with Crippen LogP contribution in [0.1, 0.15) is 0 Å². The molecule has 0 saturated heterocycles. The maximum atomic E-state index is 13.4. The maximum Gasteiger partial charge on any atom is 0.163 e. The van der Waals surface area contributed by atoms with Gasteiger partial charge >= 0.3 is 0 Å². The minimum Gasteiger partial charge on any atom is -0.343 e. The summed E-state index contributed by atoms with van der Waals surface area (Å²) in [7, 11) is 0. The zero-order valence-corrected chi connectivity index (χ0v) is 9.92. The third kappa shape index (κ3) is 3.04. The van der Waals surface area contributed by atoms with Crippen LogP contribution in [-0.2, 0) is 0 Å². The highest BCUT2D eigenvalue weighted by molar-refractivity contribution is 9.10. The molecule has 0 spiro atoms. The first kappa shape index (κ1) is 12.7. The number of allylic oxidation sites excluding steroid dienone is 2. The molecule has 0 fully saturated rings. The first-order valence-corrected chi connectivity index (χ1v) is 5.08. The minimum atomic E-state index is -0.595. The van der Waals surface area contributed by atoms with E-state index < -0.39 is 11.4 Å². The van der Waals surface area contributed by atoms with Crippen LogP contribution < -0.4 is 5.32 Å². The lowest BCUT2D eigenvalue weighted by Crippen LogP contribution is -2.02. The summed E-state index contributed by atoms with van der Waals surface area (Å²) in [5, 5.41) is 28.4. The molecule has 17 heavy (non-hydrogen) atoms. The van der Waals surface area contributed by atoms with Crippen molar-refractivity contribution in [1.29, 1.82) is 15.8 Å². The van der Waals surface area contributed by atoms with E-state index >= 15 is 0 Å². The van der Waals surface area contributed by atoms with Crippen molar-refractivity contribution >= 4 is 21.6 Å². The average molecular weight is 291 g/mol. The van der Waals surface area contributed by atoms with Crippen LogP contribution in [0.2, 0.25) is 0 Å². The SMILES string of the molecule is N#CC(C#N)=C(C#N)Nc1ccc(Br)cc1F. The third-order valence-corrected chi connectivity index (χ3v) is 2.27. The van der Waals surface area contributed by atoms with Gasteiger partial charge < -0.3 is 5.32 Å². The highest BCUT2D eigenvalue weighted by Crippen LogP contribution is 2.21. The molecule has 0 aliphatic carbocycles. The van der Waals surface area contributed by atoms with Crippen LogP contribution in [0.5, 0.6) is 0 Å². The number of nitrogens with one attached hydrogen (secondary N) is 1. The van der Waals surface area contributed by atoms with Gasteiger partial charge in [-0.2, -0.15) is 15.8 Å². The molecule has 1 aromatic rings. The Kier molecular flexibility index (Phi) is 4.22. The Balaban J connectivity index is 3.16. The van der Waals surface area contributed by atoms with Crippen molar-refractivity contribution in [2.45, 2.75) is 0 Å². The number of nitrogens with zero attached hydrogens (tertiary/aromatic N) is 3. The highest BCUT2D eigenvalue weighted by atomic mass is 79.9. The first-order chi connectivity index (χ1) is 8.12. The van der Waals surface area contributed by atoms with Gasteiger partial charge in [-0.1, -0.05) is 15.9 Å². The van der Waals surface area contributed by atoms with Gasteiger partial charge in [-0.3, -0.25) is 0 Å². The van der Waals surface area contributed by atoms with Crippen molar-refractivity contribution in [1.82, 2.24) is 0 Å². The zero-order valence-electron chi connectivity index (χ0n) is 8.33. The fraction of sp³-hybridized carbons (Fsp3) is 0. The summed E-state index contributed by atoms with van der Waals surface area (Å²) < 4.78 is 14.0. The molecule has 0 atom stereocenters. The second-order valence-corrected chi connectivity index (χ2v) is 3.75. The second-order valence-electron chi connectivity index (χ2n) is 2.83. The van der Waals surface area contributed by atoms with E-state index in [1.54, 1.807) is 24.3 Å². The number of anilines is 1. The summed E-state index contributed by atoms with van der Waals surface area (Å²) in [4.78, 5) is 0. The molecule has 0 aliphatic rings. The second kappa shape index (κ2) is 5.65. The maximum absolute atomic E-state index is 13.4. The van der Waals surface area contributed by atoms with Crippen LogP contribution in [0.4, 0.5) is 10.1 Å². The van der Waals surface area contributed by atoms with Crippen LogP contribution in [-0.4, -0.2) is 0 Å². The van der Waals surface area contributed by atoms with E-state index in [1.165, 1.54) is 12.1 Å². The Morgan fingerprint density at radius 2 is 1.82 bits per heavy atom. The van der Waals surface area contributed by atoms with E-state index in [2.05, 4.69) is 21.2 Å². The molecule has 0 heterocycles. The summed E-state index contributed by atoms with van der Waals surface area (Å²) in [6, 6.07) is 8.92. The predicted molar refractivity (Wildman–Crippen MR) is 61.6 cm³/mol. The Bertz CT molecular complexity index is 585. The summed E-state index contributed by atoms with van der Waals surface area (Å²) in [6.45, 7) is 0. The van der Waals surface area contributed by atoms with Gasteiger partial charge in [0.15, 0.2) is 5.57 Å². The molecule has 4 nitrogen and oxygen atoms in total. The summed E-state index contributed by atoms with van der Waals surface area (Å²) in [5.41, 5.74) is -0.654. The van der Waals surface area contributed by atoms with Crippen LogP contribution >= 0.6 is 15.9 Å². The topological polar surface area (TPSA) is 83.4 Å². The summed E-state index contributed by atoms with van der Waals surface area (Å²) >= 11 is 3.09. The van der Waals surface area contributed by atoms with E-state index in [1.807, 2.05) is 0 Å². The quantitative estimate of drug-likeness (QED) is 0.849. The Morgan fingerprint density at radius 3 is 2.29 bits per heavy atom. The lowest BCUT2D eigenvalue weighted by atomic mass is 10.2. The molecular weight excluding hydrogens is 287 g/mol. The van der Waals surface area contributed by atoms with Gasteiger partial charge in [0.05, 0.1) is 5.69 Å². The summed E-state index contributed by atoms with van der Waals surface area (Å²) in [6.07, 6.45) is 0. The van der Waals surface area contributed by atoms with E-state index in [4.69, 9.17) is 15.8 Å². The fourth-order valence-corrected chi connectivity index (χ4v) is 1.34. The predicted octanol–water partition coefficient (Wildman–Crippen LogP) is 2.82. The number of hydrogen-bond donors (Lipinski definition) is 1. The Labute approximate surface area is 105 Å². The number of halogens is 2. The number of nitriles is 3. The lowest BCUT2D eigenvalue weighted by Gasteiger charge is -2.05. The number of benzene rings is 1. The van der Waals surface area contributed by atoms with Gasteiger partial charge in [-0.25, -0.2) is 4.39 Å². The molecule has 0 unspecified atom stereocenters. The third-order valence-electron chi connectivity index (χ3n) is 1.78. The molecular formula is C11H4BrFN4. The largest absolute Gasteiger partial charge is 0.343 e. The minimum absolute atomic E-state index is 0.0211. The van der Waals surface area contributed by atoms with Gasteiger partial charge in [0.25, 0.3) is 0 Å². The summed E-state index contributed by atoms with van der Waals surface area (Å²) in [5.74, 6) is -0.595. The number of hydrogen-bond acceptors (Lipinski definition) is 4. The van der Waals surface area contributed by atoms with Crippen LogP contribution in [0, 0.1) is 39.8 Å². The van der Waals surface area contributed by atoms with Crippen molar-refractivity contribution in [2.75, 3.05) is 5.32 Å². The highest BCUT2D eigenvalue weighted by Gasteiger charge is 2.09. The number of rotatable bonds is 2. The van der Waals surface area contributed by atoms with E-state index in [0.29, 0.717) is 4.47 Å². The van der Waals surface area contributed by atoms with Gasteiger partial charge in [-0.05, 0) is 18.2 Å². The van der Waals surface area contributed by atoms with E-state index in [9.17, 15) is 4.39 Å². The lowest BCUT2D eigenvalue weighted by molar-refractivity contribution is 0.630. The van der Waals surface area contributed by atoms with Gasteiger partial charge in [0.1, 0.15) is 29.7 Å². The Hall–Kier alpha value is -2.36. The monoisotopic (exact) mass is 290 g/mol. The molecule has 82 valence electrons. The van der Waals surface area contributed by atoms with Crippen molar-refractivity contribution in [3.8, 4) is 18.2 Å². The van der Waals surface area contributed by atoms with Crippen molar-refractivity contribution in [2.24, 2.45) is 0 Å². The zero-order chi connectivity index (χ0) is 12.8. The van der Waals surface area contributed by atoms with E-state index in [0.717, 1.165) is 0 Å². The average Bonchev–Trinajstić information content (AvgIpc) is 2.32. The molecule has 1 aromatic carbocycles. The first-order valence-electron chi connectivity index (χ1n) is 4.29. The normalized spacial score (nSPS) is 8.41. The molecule has 0 amide bonds. The smallest absolute Gasteiger partial charge is 0.163 e. The van der Waals surface area contributed by atoms with Gasteiger partial charge in [0.2, 0.25) is 0 Å². The molecule has 0 saturated carbocycles. The molecule has 0 radical (unpaired) electrons. The van der Waals surface area contributed by atoms with E-state index in [-0.39, 0.29) is 11.4 Å². The Morgan fingerprint density at radius 1 is 1.18 bits per heavy atom. The molecule has 6 heteroatoms. The molecule has 1 rings (SSSR count). The van der Waals surface area contributed by atoms with Crippen LogP contribution in [0.25, 0.3) is 0 Å². The van der Waals surface area contributed by atoms with Gasteiger partial charge in [0, 0.05) is 4.47 Å². The molecule has 0 bridgehead atoms. The standard InChI is InChI=1S/C11H4BrFN4/c12-8-1-2-10(9(13)3-8)17-11(6-16)7(4-14)5-15/h1-3,17H. The molecule has 0 aliphatic heterocycles. The molecule has 0 aromatic heterocycles. The van der Waals surface area contributed by atoms with Gasteiger partial charge in [-0.15, -0.1) is 0 Å².